The summed E-state index contributed by atoms with van der Waals surface area (Å²) in [5, 5.41) is 5.29. The standard InChI is InChI=1S/C18H19N3O4/c22-16(19-9-8-14-7-4-10-25-14)11-15-17(23)21(18(24)20-15)12-13-5-2-1-3-6-13/h1-7,10,15H,8-9,11-12H2,(H,19,22)(H,20,24)/t15-/m1/s1. The van der Waals surface area contributed by atoms with Gasteiger partial charge in [0.1, 0.15) is 11.8 Å². The van der Waals surface area contributed by atoms with E-state index in [2.05, 4.69) is 10.6 Å². The third-order valence-corrected chi connectivity index (χ3v) is 3.95. The van der Waals surface area contributed by atoms with Crippen molar-refractivity contribution in [3.05, 3.63) is 60.1 Å². The van der Waals surface area contributed by atoms with Gasteiger partial charge in [-0.3, -0.25) is 14.5 Å². The zero-order valence-corrected chi connectivity index (χ0v) is 13.6. The average Bonchev–Trinajstić information content (AvgIpc) is 3.20. The summed E-state index contributed by atoms with van der Waals surface area (Å²) in [6.07, 6.45) is 2.07. The highest BCUT2D eigenvalue weighted by Gasteiger charge is 2.38. The number of amides is 4. The number of rotatable bonds is 7. The lowest BCUT2D eigenvalue weighted by Crippen LogP contribution is -2.37. The Morgan fingerprint density at radius 3 is 2.68 bits per heavy atom. The van der Waals surface area contributed by atoms with Crippen LogP contribution < -0.4 is 10.6 Å². The molecule has 1 fully saturated rings. The lowest BCUT2D eigenvalue weighted by atomic mass is 10.1. The average molecular weight is 341 g/mol. The summed E-state index contributed by atoms with van der Waals surface area (Å²) in [4.78, 5) is 37.5. The first-order valence-corrected chi connectivity index (χ1v) is 8.08. The topological polar surface area (TPSA) is 91.7 Å². The second-order valence-corrected chi connectivity index (χ2v) is 5.80. The van der Waals surface area contributed by atoms with Gasteiger partial charge in [-0.1, -0.05) is 30.3 Å². The number of nitrogens with one attached hydrogen (secondary N) is 2. The fraction of sp³-hybridized carbons (Fsp3) is 0.278. The van der Waals surface area contributed by atoms with Crippen LogP contribution in [-0.4, -0.2) is 35.3 Å². The second-order valence-electron chi connectivity index (χ2n) is 5.80. The predicted molar refractivity (Wildman–Crippen MR) is 89.4 cm³/mol. The number of hydrogen-bond acceptors (Lipinski definition) is 4. The summed E-state index contributed by atoms with van der Waals surface area (Å²) in [7, 11) is 0. The number of hydrogen-bond donors (Lipinski definition) is 2. The maximum Gasteiger partial charge on any atom is 0.325 e. The van der Waals surface area contributed by atoms with Crippen LogP contribution in [0.2, 0.25) is 0 Å². The van der Waals surface area contributed by atoms with Crippen molar-refractivity contribution in [1.29, 1.82) is 0 Å². The van der Waals surface area contributed by atoms with E-state index < -0.39 is 12.1 Å². The maximum absolute atomic E-state index is 12.4. The Morgan fingerprint density at radius 2 is 1.96 bits per heavy atom. The molecule has 0 saturated carbocycles. The summed E-state index contributed by atoms with van der Waals surface area (Å²) < 4.78 is 5.18. The van der Waals surface area contributed by atoms with E-state index in [-0.39, 0.29) is 24.8 Å². The zero-order chi connectivity index (χ0) is 17.6. The van der Waals surface area contributed by atoms with Crippen molar-refractivity contribution < 1.29 is 18.8 Å². The molecule has 1 aliphatic rings. The Balaban J connectivity index is 1.48. The van der Waals surface area contributed by atoms with Gasteiger partial charge in [-0.2, -0.15) is 0 Å². The first-order chi connectivity index (χ1) is 12.1. The molecule has 25 heavy (non-hydrogen) atoms. The largest absolute Gasteiger partial charge is 0.469 e. The molecule has 1 aliphatic heterocycles. The number of carbonyl (C=O) groups excluding carboxylic acids is 3. The number of benzene rings is 1. The molecule has 2 heterocycles. The molecule has 0 radical (unpaired) electrons. The number of carbonyl (C=O) groups is 3. The molecule has 1 atom stereocenters. The molecule has 2 aromatic rings. The van der Waals surface area contributed by atoms with Crippen molar-refractivity contribution in [3.63, 3.8) is 0 Å². The molecule has 0 unspecified atom stereocenters. The molecule has 7 nitrogen and oxygen atoms in total. The first kappa shape index (κ1) is 16.8. The van der Waals surface area contributed by atoms with Crippen LogP contribution in [0.1, 0.15) is 17.7 Å². The second kappa shape index (κ2) is 7.65. The minimum Gasteiger partial charge on any atom is -0.469 e. The molecule has 1 saturated heterocycles. The lowest BCUT2D eigenvalue weighted by molar-refractivity contribution is -0.131. The first-order valence-electron chi connectivity index (χ1n) is 8.08. The van der Waals surface area contributed by atoms with Gasteiger partial charge in [0.05, 0.1) is 19.2 Å². The summed E-state index contributed by atoms with van der Waals surface area (Å²) in [5.74, 6) is 0.112. The Labute approximate surface area is 145 Å². The van der Waals surface area contributed by atoms with Crippen molar-refractivity contribution in [2.75, 3.05) is 6.54 Å². The molecule has 1 aromatic heterocycles. The lowest BCUT2D eigenvalue weighted by Gasteiger charge is -2.13. The van der Waals surface area contributed by atoms with E-state index in [0.717, 1.165) is 16.2 Å². The molecule has 0 bridgehead atoms. The Kier molecular flexibility index (Phi) is 5.13. The molecule has 0 spiro atoms. The molecule has 7 heteroatoms. The van der Waals surface area contributed by atoms with E-state index in [0.29, 0.717) is 13.0 Å². The fourth-order valence-electron chi connectivity index (χ4n) is 2.67. The molecule has 2 N–H and O–H groups in total. The van der Waals surface area contributed by atoms with Gasteiger partial charge < -0.3 is 15.1 Å². The summed E-state index contributed by atoms with van der Waals surface area (Å²) in [6, 6.07) is 11.6. The van der Waals surface area contributed by atoms with Gasteiger partial charge in [0, 0.05) is 13.0 Å². The number of imide groups is 1. The highest BCUT2D eigenvalue weighted by Crippen LogP contribution is 2.14. The highest BCUT2D eigenvalue weighted by atomic mass is 16.3. The summed E-state index contributed by atoms with van der Waals surface area (Å²) in [5.41, 5.74) is 0.856. The molecular formula is C18H19N3O4. The van der Waals surface area contributed by atoms with Gasteiger partial charge >= 0.3 is 6.03 Å². The zero-order valence-electron chi connectivity index (χ0n) is 13.6. The third kappa shape index (κ3) is 4.26. The van der Waals surface area contributed by atoms with Crippen LogP contribution in [0, 0.1) is 0 Å². The van der Waals surface area contributed by atoms with Crippen LogP contribution in [0.4, 0.5) is 4.79 Å². The molecule has 3 rings (SSSR count). The van der Waals surface area contributed by atoms with Crippen molar-refractivity contribution in [1.82, 2.24) is 15.5 Å². The van der Waals surface area contributed by atoms with Crippen LogP contribution in [0.3, 0.4) is 0 Å². The van der Waals surface area contributed by atoms with Gasteiger partial charge in [-0.15, -0.1) is 0 Å². The van der Waals surface area contributed by atoms with E-state index in [9.17, 15) is 14.4 Å². The Bertz CT molecular complexity index is 743. The summed E-state index contributed by atoms with van der Waals surface area (Å²) >= 11 is 0. The molecular weight excluding hydrogens is 322 g/mol. The van der Waals surface area contributed by atoms with E-state index in [1.807, 2.05) is 36.4 Å². The quantitative estimate of drug-likeness (QED) is 0.746. The normalized spacial score (nSPS) is 16.8. The number of nitrogens with zero attached hydrogens (tertiary/aromatic N) is 1. The van der Waals surface area contributed by atoms with E-state index >= 15 is 0 Å². The molecule has 4 amide bonds. The van der Waals surface area contributed by atoms with Gasteiger partial charge in [0.25, 0.3) is 5.91 Å². The van der Waals surface area contributed by atoms with Crippen LogP contribution in [-0.2, 0) is 22.6 Å². The minimum atomic E-state index is -0.820. The number of urea groups is 1. The molecule has 1 aromatic carbocycles. The Hall–Kier alpha value is -3.09. The van der Waals surface area contributed by atoms with Gasteiger partial charge in [0.2, 0.25) is 5.91 Å². The fourth-order valence-corrected chi connectivity index (χ4v) is 2.67. The van der Waals surface area contributed by atoms with Crippen LogP contribution in [0.15, 0.2) is 53.1 Å². The predicted octanol–water partition coefficient (Wildman–Crippen LogP) is 1.45. The highest BCUT2D eigenvalue weighted by molar-refractivity contribution is 6.05. The van der Waals surface area contributed by atoms with E-state index in [4.69, 9.17) is 4.42 Å². The smallest absolute Gasteiger partial charge is 0.325 e. The van der Waals surface area contributed by atoms with E-state index in [1.54, 1.807) is 12.3 Å². The van der Waals surface area contributed by atoms with E-state index in [1.165, 1.54) is 0 Å². The van der Waals surface area contributed by atoms with Crippen LogP contribution in [0.25, 0.3) is 0 Å². The van der Waals surface area contributed by atoms with Gasteiger partial charge in [-0.05, 0) is 17.7 Å². The van der Waals surface area contributed by atoms with Crippen molar-refractivity contribution >= 4 is 17.8 Å². The third-order valence-electron chi connectivity index (χ3n) is 3.95. The van der Waals surface area contributed by atoms with Gasteiger partial charge in [-0.25, -0.2) is 4.79 Å². The monoisotopic (exact) mass is 341 g/mol. The molecule has 130 valence electrons. The minimum absolute atomic E-state index is 0.0754. The summed E-state index contributed by atoms with van der Waals surface area (Å²) in [6.45, 7) is 0.608. The molecule has 0 aliphatic carbocycles. The Morgan fingerprint density at radius 1 is 1.16 bits per heavy atom. The SMILES string of the molecule is O=C(C[C@H]1NC(=O)N(Cc2ccccc2)C1=O)NCCc1ccco1. The van der Waals surface area contributed by atoms with Crippen molar-refractivity contribution in [2.24, 2.45) is 0 Å². The van der Waals surface area contributed by atoms with Crippen LogP contribution in [0.5, 0.6) is 0 Å². The van der Waals surface area contributed by atoms with Crippen molar-refractivity contribution in [3.8, 4) is 0 Å². The van der Waals surface area contributed by atoms with Gasteiger partial charge in [0.15, 0.2) is 0 Å². The number of furan rings is 1. The van der Waals surface area contributed by atoms with Crippen LogP contribution >= 0.6 is 0 Å². The maximum atomic E-state index is 12.4. The van der Waals surface area contributed by atoms with Crippen molar-refractivity contribution in [2.45, 2.75) is 25.4 Å².